The number of anilines is 2. The van der Waals surface area contributed by atoms with Crippen LogP contribution in [0.15, 0.2) is 36.4 Å². The van der Waals surface area contributed by atoms with Crippen LogP contribution in [-0.2, 0) is 9.53 Å². The molecule has 8 nitrogen and oxygen atoms in total. The average Bonchev–Trinajstić information content (AvgIpc) is 2.64. The molecule has 2 N–H and O–H groups in total. The lowest BCUT2D eigenvalue weighted by Gasteiger charge is -2.15. The molecule has 0 saturated heterocycles. The summed E-state index contributed by atoms with van der Waals surface area (Å²) < 4.78 is 5.13. The maximum Gasteiger partial charge on any atom is 0.341 e. The van der Waals surface area contributed by atoms with Crippen LogP contribution in [0.5, 0.6) is 0 Å². The van der Waals surface area contributed by atoms with E-state index in [0.29, 0.717) is 5.69 Å². The number of nitro benzene ring substituents is 1. The Bertz CT molecular complexity index is 904. The monoisotopic (exact) mass is 411 g/mol. The highest BCUT2D eigenvalue weighted by molar-refractivity contribution is 6.44. The highest BCUT2D eigenvalue weighted by atomic mass is 35.5. The lowest BCUT2D eigenvalue weighted by molar-refractivity contribution is -0.384. The molecule has 1 amide bonds. The van der Waals surface area contributed by atoms with Crippen LogP contribution < -0.4 is 10.6 Å². The van der Waals surface area contributed by atoms with E-state index in [1.165, 1.54) is 19.1 Å². The standard InChI is InChI=1S/C17H15Cl2N3O5/c1-9(16(23)21-14-5-3-4-12(18)15(14)19)27-17(24)11-8-10(22(25)26)6-7-13(11)20-2/h3-9,20H,1-2H3,(H,21,23)/t9-/m0/s1. The van der Waals surface area contributed by atoms with Crippen LogP contribution in [0.2, 0.25) is 10.0 Å². The quantitative estimate of drug-likeness (QED) is 0.419. The number of nitrogens with one attached hydrogen (secondary N) is 2. The first kappa shape index (κ1) is 20.5. The summed E-state index contributed by atoms with van der Waals surface area (Å²) in [6, 6.07) is 8.41. The molecule has 2 rings (SSSR count). The van der Waals surface area contributed by atoms with Crippen molar-refractivity contribution < 1.29 is 19.2 Å². The number of non-ortho nitro benzene ring substituents is 1. The summed E-state index contributed by atoms with van der Waals surface area (Å²) >= 11 is 11.9. The van der Waals surface area contributed by atoms with Crippen molar-refractivity contribution in [3.63, 3.8) is 0 Å². The predicted molar refractivity (Wildman–Crippen MR) is 103 cm³/mol. The third-order valence-electron chi connectivity index (χ3n) is 3.57. The van der Waals surface area contributed by atoms with Crippen LogP contribution in [0.3, 0.4) is 0 Å². The predicted octanol–water partition coefficient (Wildman–Crippen LogP) is 4.13. The molecule has 1 atom stereocenters. The van der Waals surface area contributed by atoms with Gasteiger partial charge in [0.2, 0.25) is 0 Å². The van der Waals surface area contributed by atoms with Crippen molar-refractivity contribution in [1.82, 2.24) is 0 Å². The first-order chi connectivity index (χ1) is 12.7. The number of halogens is 2. The van der Waals surface area contributed by atoms with Gasteiger partial charge in [0.1, 0.15) is 0 Å². The van der Waals surface area contributed by atoms with Gasteiger partial charge in [-0.05, 0) is 25.1 Å². The third-order valence-corrected chi connectivity index (χ3v) is 4.38. The van der Waals surface area contributed by atoms with Crippen molar-refractivity contribution in [3.05, 3.63) is 62.1 Å². The molecule has 10 heteroatoms. The Balaban J connectivity index is 2.15. The minimum absolute atomic E-state index is 0.0628. The topological polar surface area (TPSA) is 111 Å². The van der Waals surface area contributed by atoms with Crippen LogP contribution >= 0.6 is 23.2 Å². The van der Waals surface area contributed by atoms with Gasteiger partial charge in [-0.3, -0.25) is 14.9 Å². The van der Waals surface area contributed by atoms with Gasteiger partial charge in [0.15, 0.2) is 6.10 Å². The first-order valence-electron chi connectivity index (χ1n) is 7.66. The Labute approximate surface area is 164 Å². The SMILES string of the molecule is CNc1ccc([N+](=O)[O-])cc1C(=O)O[C@@H](C)C(=O)Nc1cccc(Cl)c1Cl. The summed E-state index contributed by atoms with van der Waals surface area (Å²) in [6.07, 6.45) is -1.18. The van der Waals surface area contributed by atoms with Gasteiger partial charge in [-0.25, -0.2) is 4.79 Å². The molecule has 0 bridgehead atoms. The minimum atomic E-state index is -1.18. The number of carbonyl (C=O) groups excluding carboxylic acids is 2. The minimum Gasteiger partial charge on any atom is -0.449 e. The first-order valence-corrected chi connectivity index (χ1v) is 8.42. The molecule has 0 aliphatic carbocycles. The number of hydrogen-bond donors (Lipinski definition) is 2. The second kappa shape index (κ2) is 8.70. The molecule has 0 heterocycles. The third kappa shape index (κ3) is 4.87. The van der Waals surface area contributed by atoms with Crippen LogP contribution in [0.4, 0.5) is 17.1 Å². The van der Waals surface area contributed by atoms with E-state index in [9.17, 15) is 19.7 Å². The van der Waals surface area contributed by atoms with E-state index >= 15 is 0 Å². The van der Waals surface area contributed by atoms with Gasteiger partial charge in [-0.2, -0.15) is 0 Å². The van der Waals surface area contributed by atoms with Crippen molar-refractivity contribution in [2.45, 2.75) is 13.0 Å². The summed E-state index contributed by atoms with van der Waals surface area (Å²) in [5.41, 5.74) is 0.260. The fourth-order valence-corrected chi connectivity index (χ4v) is 2.49. The van der Waals surface area contributed by atoms with Crippen molar-refractivity contribution in [3.8, 4) is 0 Å². The number of benzene rings is 2. The van der Waals surface area contributed by atoms with E-state index in [1.54, 1.807) is 25.2 Å². The van der Waals surface area contributed by atoms with Crippen LogP contribution in [0, 0.1) is 10.1 Å². The summed E-state index contributed by atoms with van der Waals surface area (Å²) in [7, 11) is 1.55. The fourth-order valence-electron chi connectivity index (χ4n) is 2.14. The molecule has 0 fully saturated rings. The zero-order valence-corrected chi connectivity index (χ0v) is 15.8. The number of amides is 1. The number of esters is 1. The molecule has 0 spiro atoms. The zero-order chi connectivity index (χ0) is 20.1. The second-order valence-electron chi connectivity index (χ2n) is 5.38. The molecule has 0 aromatic heterocycles. The zero-order valence-electron chi connectivity index (χ0n) is 14.3. The van der Waals surface area contributed by atoms with E-state index in [1.807, 2.05) is 0 Å². The van der Waals surface area contributed by atoms with Gasteiger partial charge in [0.05, 0.1) is 26.2 Å². The number of hydrogen-bond acceptors (Lipinski definition) is 6. The summed E-state index contributed by atoms with van der Waals surface area (Å²) in [6.45, 7) is 1.36. The van der Waals surface area contributed by atoms with E-state index < -0.39 is 22.9 Å². The molecule has 27 heavy (non-hydrogen) atoms. The molecule has 0 aliphatic heterocycles. The van der Waals surface area contributed by atoms with E-state index in [2.05, 4.69) is 10.6 Å². The number of rotatable bonds is 6. The smallest absolute Gasteiger partial charge is 0.341 e. The van der Waals surface area contributed by atoms with Crippen molar-refractivity contribution >= 4 is 52.1 Å². The van der Waals surface area contributed by atoms with Crippen LogP contribution in [0.25, 0.3) is 0 Å². The summed E-state index contributed by atoms with van der Waals surface area (Å²) in [4.78, 5) is 34.9. The molecule has 0 saturated carbocycles. The van der Waals surface area contributed by atoms with Gasteiger partial charge < -0.3 is 15.4 Å². The molecule has 0 unspecified atom stereocenters. The lowest BCUT2D eigenvalue weighted by atomic mass is 10.1. The van der Waals surface area contributed by atoms with Crippen molar-refractivity contribution in [2.75, 3.05) is 17.7 Å². The molecule has 2 aromatic rings. The summed E-state index contributed by atoms with van der Waals surface area (Å²) in [5.74, 6) is -1.52. The largest absolute Gasteiger partial charge is 0.449 e. The van der Waals surface area contributed by atoms with E-state index in [0.717, 1.165) is 6.07 Å². The number of carbonyl (C=O) groups is 2. The Kier molecular flexibility index (Phi) is 6.59. The number of nitrogens with zero attached hydrogens (tertiary/aromatic N) is 1. The van der Waals surface area contributed by atoms with Gasteiger partial charge in [-0.15, -0.1) is 0 Å². The summed E-state index contributed by atoms with van der Waals surface area (Å²) in [5, 5.41) is 16.6. The number of ether oxygens (including phenoxy) is 1. The maximum absolute atomic E-state index is 12.4. The Hall–Kier alpha value is -2.84. The van der Waals surface area contributed by atoms with Crippen LogP contribution in [0.1, 0.15) is 17.3 Å². The van der Waals surface area contributed by atoms with Crippen LogP contribution in [-0.4, -0.2) is 30.0 Å². The molecule has 0 aliphatic rings. The fraction of sp³-hybridized carbons (Fsp3) is 0.176. The normalized spacial score (nSPS) is 11.4. The molecular formula is C17H15Cl2N3O5. The van der Waals surface area contributed by atoms with E-state index in [4.69, 9.17) is 27.9 Å². The highest BCUT2D eigenvalue weighted by Crippen LogP contribution is 2.29. The Morgan fingerprint density at radius 1 is 1.19 bits per heavy atom. The van der Waals surface area contributed by atoms with Gasteiger partial charge in [-0.1, -0.05) is 29.3 Å². The van der Waals surface area contributed by atoms with Crippen molar-refractivity contribution in [1.29, 1.82) is 0 Å². The number of nitro groups is 1. The molecule has 142 valence electrons. The molecule has 0 radical (unpaired) electrons. The Morgan fingerprint density at radius 3 is 2.52 bits per heavy atom. The lowest BCUT2D eigenvalue weighted by Crippen LogP contribution is -2.30. The van der Waals surface area contributed by atoms with Gasteiger partial charge in [0.25, 0.3) is 11.6 Å². The van der Waals surface area contributed by atoms with E-state index in [-0.39, 0.29) is 27.0 Å². The second-order valence-corrected chi connectivity index (χ2v) is 6.16. The highest BCUT2D eigenvalue weighted by Gasteiger charge is 2.23. The van der Waals surface area contributed by atoms with Gasteiger partial charge >= 0.3 is 5.97 Å². The maximum atomic E-state index is 12.4. The Morgan fingerprint density at radius 2 is 1.89 bits per heavy atom. The molecule has 2 aromatic carbocycles. The van der Waals surface area contributed by atoms with Crippen molar-refractivity contribution in [2.24, 2.45) is 0 Å². The molecular weight excluding hydrogens is 397 g/mol. The average molecular weight is 412 g/mol. The van der Waals surface area contributed by atoms with Gasteiger partial charge in [0, 0.05) is 24.9 Å².